The largest absolute Gasteiger partial charge is 0.313 e. The zero-order valence-corrected chi connectivity index (χ0v) is 10.7. The molecule has 0 aliphatic rings. The van der Waals surface area contributed by atoms with E-state index in [4.69, 9.17) is 0 Å². The topological polar surface area (TPSA) is 29.9 Å². The van der Waals surface area contributed by atoms with Crippen LogP contribution in [0.15, 0.2) is 48.7 Å². The molecule has 0 bridgehead atoms. The van der Waals surface area contributed by atoms with Crippen LogP contribution >= 0.6 is 0 Å². The Balaban J connectivity index is 1.65. The molecule has 1 aromatic heterocycles. The summed E-state index contributed by atoms with van der Waals surface area (Å²) in [5, 5.41) is 7.54. The van der Waals surface area contributed by atoms with Gasteiger partial charge in [0.1, 0.15) is 0 Å². The summed E-state index contributed by atoms with van der Waals surface area (Å²) < 4.78 is 1.92. The molecule has 0 radical (unpaired) electrons. The molecule has 94 valence electrons. The molecule has 1 aromatic carbocycles. The summed E-state index contributed by atoms with van der Waals surface area (Å²) in [4.78, 5) is 0. The van der Waals surface area contributed by atoms with Crippen LogP contribution in [0.4, 0.5) is 0 Å². The quantitative estimate of drug-likeness (QED) is 0.786. The predicted molar refractivity (Wildman–Crippen MR) is 75.3 cm³/mol. The fraction of sp³-hybridized carbons (Fsp3) is 0.267. The van der Waals surface area contributed by atoms with Gasteiger partial charge in [-0.05, 0) is 11.6 Å². The van der Waals surface area contributed by atoms with Crippen molar-refractivity contribution < 1.29 is 0 Å². The highest BCUT2D eigenvalue weighted by Gasteiger charge is 1.96. The Labute approximate surface area is 108 Å². The molecule has 0 saturated carbocycles. The summed E-state index contributed by atoms with van der Waals surface area (Å²) in [6, 6.07) is 12.4. The highest BCUT2D eigenvalue weighted by Crippen LogP contribution is 2.00. The molecule has 0 fully saturated rings. The van der Waals surface area contributed by atoms with E-state index >= 15 is 0 Å². The Morgan fingerprint density at radius 1 is 1.22 bits per heavy atom. The molecule has 3 heteroatoms. The molecule has 0 spiro atoms. The maximum atomic E-state index is 4.15. The first-order valence-corrected chi connectivity index (χ1v) is 6.25. The second-order valence-corrected chi connectivity index (χ2v) is 4.21. The fourth-order valence-corrected chi connectivity index (χ4v) is 1.81. The van der Waals surface area contributed by atoms with Crippen LogP contribution in [0, 0.1) is 0 Å². The van der Waals surface area contributed by atoms with Crippen molar-refractivity contribution in [2.24, 2.45) is 7.05 Å². The molecule has 3 nitrogen and oxygen atoms in total. The monoisotopic (exact) mass is 241 g/mol. The Kier molecular flexibility index (Phi) is 4.73. The summed E-state index contributed by atoms with van der Waals surface area (Å²) >= 11 is 0. The number of aromatic nitrogens is 2. The lowest BCUT2D eigenvalue weighted by Crippen LogP contribution is -2.18. The summed E-state index contributed by atoms with van der Waals surface area (Å²) in [5.41, 5.74) is 2.50. The number of hydrogen-bond donors (Lipinski definition) is 1. The van der Waals surface area contributed by atoms with E-state index < -0.39 is 0 Å². The number of hydrogen-bond acceptors (Lipinski definition) is 2. The predicted octanol–water partition coefficient (Wildman–Crippen LogP) is 2.27. The number of nitrogens with zero attached hydrogens (tertiary/aromatic N) is 2. The molecule has 0 atom stereocenters. The van der Waals surface area contributed by atoms with Crippen molar-refractivity contribution in [3.8, 4) is 0 Å². The zero-order valence-electron chi connectivity index (χ0n) is 10.7. The second-order valence-electron chi connectivity index (χ2n) is 4.21. The van der Waals surface area contributed by atoms with E-state index in [1.165, 1.54) is 11.3 Å². The van der Waals surface area contributed by atoms with Gasteiger partial charge in [-0.15, -0.1) is 0 Å². The average molecular weight is 241 g/mol. The van der Waals surface area contributed by atoms with E-state index in [2.05, 4.69) is 52.9 Å². The maximum Gasteiger partial charge on any atom is 0.0492 e. The minimum Gasteiger partial charge on any atom is -0.313 e. The molecule has 1 heterocycles. The van der Waals surface area contributed by atoms with E-state index in [0.717, 1.165) is 19.5 Å². The van der Waals surface area contributed by atoms with E-state index in [0.29, 0.717) is 0 Å². The molecular weight excluding hydrogens is 222 g/mol. The minimum atomic E-state index is 0.896. The third-order valence-electron chi connectivity index (χ3n) is 2.85. The Morgan fingerprint density at radius 2 is 2.06 bits per heavy atom. The summed E-state index contributed by atoms with van der Waals surface area (Å²) in [6.45, 7) is 1.87. The standard InChI is InChI=1S/C15H19N3/c1-18-15(10-13-17-18)9-12-16-11-5-8-14-6-3-2-4-7-14/h2-8,10,13,16H,9,11-12H2,1H3/b8-5+. The van der Waals surface area contributed by atoms with Crippen LogP contribution < -0.4 is 5.32 Å². The lowest BCUT2D eigenvalue weighted by Gasteiger charge is -2.02. The third kappa shape index (κ3) is 3.86. The SMILES string of the molecule is Cn1nccc1CCNC/C=C/c1ccccc1. The van der Waals surface area contributed by atoms with Crippen LogP contribution in [0.1, 0.15) is 11.3 Å². The third-order valence-corrected chi connectivity index (χ3v) is 2.85. The molecule has 0 unspecified atom stereocenters. The summed E-state index contributed by atoms with van der Waals surface area (Å²) in [6.07, 6.45) is 7.13. The number of rotatable bonds is 6. The van der Waals surface area contributed by atoms with Crippen LogP contribution in [0.3, 0.4) is 0 Å². The molecule has 2 rings (SSSR count). The zero-order chi connectivity index (χ0) is 12.6. The maximum absolute atomic E-state index is 4.15. The molecule has 2 aromatic rings. The van der Waals surface area contributed by atoms with Gasteiger partial charge in [0.05, 0.1) is 0 Å². The van der Waals surface area contributed by atoms with Gasteiger partial charge in [-0.1, -0.05) is 42.5 Å². The van der Waals surface area contributed by atoms with E-state index in [1.54, 1.807) is 0 Å². The van der Waals surface area contributed by atoms with E-state index in [1.807, 2.05) is 24.0 Å². The van der Waals surface area contributed by atoms with Gasteiger partial charge in [0.15, 0.2) is 0 Å². The summed E-state index contributed by atoms with van der Waals surface area (Å²) in [5.74, 6) is 0. The lowest BCUT2D eigenvalue weighted by molar-refractivity contribution is 0.668. The van der Waals surface area contributed by atoms with E-state index in [9.17, 15) is 0 Å². The van der Waals surface area contributed by atoms with Crippen molar-refractivity contribution in [2.75, 3.05) is 13.1 Å². The molecule has 1 N–H and O–H groups in total. The van der Waals surface area contributed by atoms with Crippen molar-refractivity contribution in [3.63, 3.8) is 0 Å². The van der Waals surface area contributed by atoms with Crippen LogP contribution in [0.5, 0.6) is 0 Å². The van der Waals surface area contributed by atoms with Crippen molar-refractivity contribution in [1.82, 2.24) is 15.1 Å². The molecule has 0 amide bonds. The van der Waals surface area contributed by atoms with Crippen molar-refractivity contribution in [2.45, 2.75) is 6.42 Å². The second kappa shape index (κ2) is 6.77. The number of nitrogens with one attached hydrogen (secondary N) is 1. The van der Waals surface area contributed by atoms with Gasteiger partial charge in [-0.2, -0.15) is 5.10 Å². The van der Waals surface area contributed by atoms with Gasteiger partial charge in [0.2, 0.25) is 0 Å². The minimum absolute atomic E-state index is 0.896. The van der Waals surface area contributed by atoms with Gasteiger partial charge >= 0.3 is 0 Å². The van der Waals surface area contributed by atoms with Crippen LogP contribution in [0.2, 0.25) is 0 Å². The first-order valence-electron chi connectivity index (χ1n) is 6.25. The molecular formula is C15H19N3. The lowest BCUT2D eigenvalue weighted by atomic mass is 10.2. The van der Waals surface area contributed by atoms with Gasteiger partial charge in [-0.25, -0.2) is 0 Å². The highest BCUT2D eigenvalue weighted by molar-refractivity contribution is 5.48. The number of aryl methyl sites for hydroxylation is 1. The Morgan fingerprint density at radius 3 is 2.78 bits per heavy atom. The number of benzene rings is 1. The fourth-order valence-electron chi connectivity index (χ4n) is 1.81. The summed E-state index contributed by atoms with van der Waals surface area (Å²) in [7, 11) is 1.98. The van der Waals surface area contributed by atoms with Crippen molar-refractivity contribution >= 4 is 6.08 Å². The van der Waals surface area contributed by atoms with Gasteiger partial charge in [0.25, 0.3) is 0 Å². The normalized spacial score (nSPS) is 11.2. The van der Waals surface area contributed by atoms with E-state index in [-0.39, 0.29) is 0 Å². The van der Waals surface area contributed by atoms with Crippen molar-refractivity contribution in [3.05, 3.63) is 59.9 Å². The van der Waals surface area contributed by atoms with Gasteiger partial charge in [-0.3, -0.25) is 4.68 Å². The van der Waals surface area contributed by atoms with Crippen LogP contribution in [-0.2, 0) is 13.5 Å². The Hall–Kier alpha value is -1.87. The van der Waals surface area contributed by atoms with Crippen molar-refractivity contribution in [1.29, 1.82) is 0 Å². The first-order chi connectivity index (χ1) is 8.86. The Bertz CT molecular complexity index is 485. The van der Waals surface area contributed by atoms with Gasteiger partial charge in [0, 0.05) is 38.4 Å². The first kappa shape index (κ1) is 12.6. The molecule has 0 saturated heterocycles. The van der Waals surface area contributed by atoms with Gasteiger partial charge < -0.3 is 5.32 Å². The average Bonchev–Trinajstić information content (AvgIpc) is 2.81. The van der Waals surface area contributed by atoms with Crippen LogP contribution in [-0.4, -0.2) is 22.9 Å². The molecule has 18 heavy (non-hydrogen) atoms. The molecule has 0 aliphatic heterocycles. The smallest absolute Gasteiger partial charge is 0.0492 e. The van der Waals surface area contributed by atoms with Crippen LogP contribution in [0.25, 0.3) is 6.08 Å². The highest BCUT2D eigenvalue weighted by atomic mass is 15.3. The molecule has 0 aliphatic carbocycles.